The van der Waals surface area contributed by atoms with E-state index < -0.39 is 18.9 Å². The van der Waals surface area contributed by atoms with Crippen molar-refractivity contribution in [3.05, 3.63) is 58.4 Å². The summed E-state index contributed by atoms with van der Waals surface area (Å²) in [6.07, 6.45) is -4.23. The lowest BCUT2D eigenvalue weighted by Gasteiger charge is -2.10. The lowest BCUT2D eigenvalue weighted by atomic mass is 10.2. The Kier molecular flexibility index (Phi) is 7.01. The Morgan fingerprint density at radius 3 is 2.65 bits per heavy atom. The maximum Gasteiger partial charge on any atom is 0.573 e. The third kappa shape index (κ3) is 6.88. The van der Waals surface area contributed by atoms with Crippen molar-refractivity contribution in [3.63, 3.8) is 0 Å². The number of halogens is 3. The average Bonchev–Trinajstić information content (AvgIpc) is 3.15. The summed E-state index contributed by atoms with van der Waals surface area (Å²) < 4.78 is 52.0. The van der Waals surface area contributed by atoms with Gasteiger partial charge in [0, 0.05) is 17.4 Å². The molecule has 0 atom stereocenters. The van der Waals surface area contributed by atoms with Crippen molar-refractivity contribution in [3.8, 4) is 28.5 Å². The second kappa shape index (κ2) is 9.69. The predicted molar refractivity (Wildman–Crippen MR) is 108 cm³/mol. The molecule has 31 heavy (non-hydrogen) atoms. The molecule has 0 spiro atoms. The van der Waals surface area contributed by atoms with E-state index in [1.165, 1.54) is 29.5 Å². The Hall–Kier alpha value is -3.27. The smallest absolute Gasteiger partial charge is 0.493 e. The second-order valence-corrected chi connectivity index (χ2v) is 7.35. The number of carboxylic acids is 1. The highest BCUT2D eigenvalue weighted by atomic mass is 32.1. The molecule has 0 saturated carbocycles. The number of carbonyl (C=O) groups is 1. The van der Waals surface area contributed by atoms with Gasteiger partial charge in [0.2, 0.25) is 0 Å². The number of hydrogen-bond acceptors (Lipinski definition) is 6. The molecule has 1 N–H and O–H groups in total. The summed E-state index contributed by atoms with van der Waals surface area (Å²) in [5.41, 5.74) is 1.83. The van der Waals surface area contributed by atoms with Crippen LogP contribution in [0.25, 0.3) is 11.3 Å². The largest absolute Gasteiger partial charge is 0.573 e. The first-order valence-electron chi connectivity index (χ1n) is 9.08. The van der Waals surface area contributed by atoms with Crippen LogP contribution in [-0.2, 0) is 11.2 Å². The lowest BCUT2D eigenvalue weighted by Crippen LogP contribution is -2.17. The summed E-state index contributed by atoms with van der Waals surface area (Å²) in [6, 6.07) is 10.7. The molecule has 0 fully saturated rings. The average molecular weight is 453 g/mol. The highest BCUT2D eigenvalue weighted by molar-refractivity contribution is 7.09. The second-order valence-electron chi connectivity index (χ2n) is 6.41. The summed E-state index contributed by atoms with van der Waals surface area (Å²) in [5.74, 6) is -0.277. The molecule has 164 valence electrons. The standard InChI is InChI=1S/C21H18F3NO5S/c1-13-9-15(5-6-18(13)29-11-20(26)27)28-8-7-19-25-17(12-31-19)14-3-2-4-16(10-14)30-21(22,23)24/h2-6,9-10,12H,7-8,11H2,1H3,(H,26,27). The van der Waals surface area contributed by atoms with E-state index >= 15 is 0 Å². The summed E-state index contributed by atoms with van der Waals surface area (Å²) >= 11 is 1.38. The molecule has 6 nitrogen and oxygen atoms in total. The molecule has 0 aliphatic rings. The Labute approximate surface area is 179 Å². The number of aryl methyl sites for hydroxylation is 1. The Balaban J connectivity index is 1.56. The molecule has 10 heteroatoms. The quantitative estimate of drug-likeness (QED) is 0.486. The summed E-state index contributed by atoms with van der Waals surface area (Å²) in [4.78, 5) is 15.0. The first kappa shape index (κ1) is 22.4. The third-order valence-corrected chi connectivity index (χ3v) is 4.91. The van der Waals surface area contributed by atoms with Crippen molar-refractivity contribution in [2.75, 3.05) is 13.2 Å². The van der Waals surface area contributed by atoms with Gasteiger partial charge in [-0.2, -0.15) is 0 Å². The van der Waals surface area contributed by atoms with E-state index in [0.717, 1.165) is 10.6 Å². The molecule has 3 rings (SSSR count). The van der Waals surface area contributed by atoms with E-state index in [-0.39, 0.29) is 5.75 Å². The van der Waals surface area contributed by atoms with E-state index in [0.29, 0.717) is 35.8 Å². The topological polar surface area (TPSA) is 77.9 Å². The predicted octanol–water partition coefficient (Wildman–Crippen LogP) is 5.10. The van der Waals surface area contributed by atoms with Gasteiger partial charge in [-0.25, -0.2) is 9.78 Å². The van der Waals surface area contributed by atoms with Crippen LogP contribution in [0.3, 0.4) is 0 Å². The molecule has 2 aromatic carbocycles. The van der Waals surface area contributed by atoms with Crippen LogP contribution in [0.15, 0.2) is 47.8 Å². The van der Waals surface area contributed by atoms with Gasteiger partial charge in [0.1, 0.15) is 17.2 Å². The summed E-state index contributed by atoms with van der Waals surface area (Å²) in [5, 5.41) is 11.2. The van der Waals surface area contributed by atoms with Gasteiger partial charge in [0.25, 0.3) is 0 Å². The number of rotatable bonds is 9. The maximum absolute atomic E-state index is 12.4. The number of ether oxygens (including phenoxy) is 3. The number of carboxylic acid groups (broad SMARTS) is 1. The van der Waals surface area contributed by atoms with Crippen molar-refractivity contribution in [2.24, 2.45) is 0 Å². The third-order valence-electron chi connectivity index (χ3n) is 4.00. The molecule has 0 saturated heterocycles. The number of aromatic nitrogens is 1. The SMILES string of the molecule is Cc1cc(OCCc2nc(-c3cccc(OC(F)(F)F)c3)cs2)ccc1OCC(=O)O. The van der Waals surface area contributed by atoms with Crippen molar-refractivity contribution >= 4 is 17.3 Å². The van der Waals surface area contributed by atoms with Gasteiger partial charge in [-0.1, -0.05) is 12.1 Å². The van der Waals surface area contributed by atoms with Crippen LogP contribution in [0, 0.1) is 6.92 Å². The number of thiazole rings is 1. The van der Waals surface area contributed by atoms with Crippen LogP contribution < -0.4 is 14.2 Å². The molecule has 1 aromatic heterocycles. The zero-order valence-electron chi connectivity index (χ0n) is 16.3. The van der Waals surface area contributed by atoms with Crippen LogP contribution >= 0.6 is 11.3 Å². The van der Waals surface area contributed by atoms with Crippen molar-refractivity contribution in [1.29, 1.82) is 0 Å². The van der Waals surface area contributed by atoms with Gasteiger partial charge in [-0.3, -0.25) is 0 Å². The van der Waals surface area contributed by atoms with Gasteiger partial charge < -0.3 is 19.3 Å². The number of nitrogens with zero attached hydrogens (tertiary/aromatic N) is 1. The highest BCUT2D eigenvalue weighted by Crippen LogP contribution is 2.29. The monoisotopic (exact) mass is 453 g/mol. The van der Waals surface area contributed by atoms with Gasteiger partial charge in [0.05, 0.1) is 17.3 Å². The normalized spacial score (nSPS) is 11.2. The molecule has 0 aliphatic heterocycles. The van der Waals surface area contributed by atoms with E-state index in [1.54, 1.807) is 36.6 Å². The number of aliphatic carboxylic acids is 1. The Morgan fingerprint density at radius 2 is 1.94 bits per heavy atom. The first-order valence-corrected chi connectivity index (χ1v) is 9.96. The van der Waals surface area contributed by atoms with Crippen LogP contribution in [0.5, 0.6) is 17.2 Å². The van der Waals surface area contributed by atoms with Gasteiger partial charge >= 0.3 is 12.3 Å². The molecule has 3 aromatic rings. The fraction of sp³-hybridized carbons (Fsp3) is 0.238. The molecule has 0 aliphatic carbocycles. The van der Waals surface area contributed by atoms with Crippen LogP contribution in [0.4, 0.5) is 13.2 Å². The van der Waals surface area contributed by atoms with E-state index in [1.807, 2.05) is 0 Å². The van der Waals surface area contributed by atoms with E-state index in [2.05, 4.69) is 9.72 Å². The van der Waals surface area contributed by atoms with Crippen molar-refractivity contribution in [1.82, 2.24) is 4.98 Å². The molecule has 1 heterocycles. The minimum absolute atomic E-state index is 0.297. The number of benzene rings is 2. The minimum Gasteiger partial charge on any atom is -0.493 e. The highest BCUT2D eigenvalue weighted by Gasteiger charge is 2.31. The van der Waals surface area contributed by atoms with Crippen LogP contribution in [-0.4, -0.2) is 35.6 Å². The van der Waals surface area contributed by atoms with Crippen LogP contribution in [0.1, 0.15) is 10.6 Å². The summed E-state index contributed by atoms with van der Waals surface area (Å²) in [7, 11) is 0. The summed E-state index contributed by atoms with van der Waals surface area (Å²) in [6.45, 7) is 1.71. The maximum atomic E-state index is 12.4. The fourth-order valence-corrected chi connectivity index (χ4v) is 3.47. The van der Waals surface area contributed by atoms with E-state index in [4.69, 9.17) is 14.6 Å². The number of alkyl halides is 3. The van der Waals surface area contributed by atoms with E-state index in [9.17, 15) is 18.0 Å². The molecule has 0 bridgehead atoms. The molecular formula is C21H18F3NO5S. The Bertz CT molecular complexity index is 1050. The van der Waals surface area contributed by atoms with Gasteiger partial charge in [-0.05, 0) is 42.8 Å². The van der Waals surface area contributed by atoms with Gasteiger partial charge in [0.15, 0.2) is 6.61 Å². The lowest BCUT2D eigenvalue weighted by molar-refractivity contribution is -0.274. The molecule has 0 amide bonds. The molecular weight excluding hydrogens is 435 g/mol. The zero-order chi connectivity index (χ0) is 22.4. The minimum atomic E-state index is -4.75. The molecule has 0 unspecified atom stereocenters. The number of hydrogen-bond donors (Lipinski definition) is 1. The van der Waals surface area contributed by atoms with Gasteiger partial charge in [-0.15, -0.1) is 24.5 Å². The van der Waals surface area contributed by atoms with Crippen molar-refractivity contribution in [2.45, 2.75) is 19.7 Å². The first-order chi connectivity index (χ1) is 14.7. The Morgan fingerprint density at radius 1 is 1.13 bits per heavy atom. The van der Waals surface area contributed by atoms with Crippen molar-refractivity contribution < 1.29 is 37.3 Å². The molecule has 0 radical (unpaired) electrons. The zero-order valence-corrected chi connectivity index (χ0v) is 17.1. The fourth-order valence-electron chi connectivity index (χ4n) is 2.68. The van der Waals surface area contributed by atoms with Crippen LogP contribution in [0.2, 0.25) is 0 Å².